The van der Waals surface area contributed by atoms with E-state index in [1.807, 2.05) is 6.07 Å². The maximum Gasteiger partial charge on any atom is 0.104 e. The summed E-state index contributed by atoms with van der Waals surface area (Å²) >= 11 is 0. The van der Waals surface area contributed by atoms with Gasteiger partial charge in [-0.2, -0.15) is 0 Å². The van der Waals surface area contributed by atoms with Gasteiger partial charge in [-0.25, -0.2) is 0 Å². The molecule has 1 aliphatic rings. The quantitative estimate of drug-likeness (QED) is 0.845. The summed E-state index contributed by atoms with van der Waals surface area (Å²) in [5.74, 6) is 1.19. The van der Waals surface area contributed by atoms with E-state index in [2.05, 4.69) is 56.3 Å². The van der Waals surface area contributed by atoms with Gasteiger partial charge < -0.3 is 5.11 Å². The molecular weight excluding hydrogens is 244 g/mol. The van der Waals surface area contributed by atoms with Gasteiger partial charge in [-0.15, -0.1) is 0 Å². The molecule has 2 aromatic rings. The van der Waals surface area contributed by atoms with Gasteiger partial charge in [-0.1, -0.05) is 62.4 Å². The SMILES string of the molecule is CC(C)c1ccc(C(O)c2ccccc2C2CC2)cc1. The second-order valence-corrected chi connectivity index (χ2v) is 6.13. The van der Waals surface area contributed by atoms with Gasteiger partial charge in [0, 0.05) is 0 Å². The van der Waals surface area contributed by atoms with E-state index < -0.39 is 6.10 Å². The van der Waals surface area contributed by atoms with Crippen molar-refractivity contribution in [2.75, 3.05) is 0 Å². The molecule has 2 aromatic carbocycles. The number of rotatable bonds is 4. The van der Waals surface area contributed by atoms with Crippen molar-refractivity contribution < 1.29 is 5.11 Å². The lowest BCUT2D eigenvalue weighted by Crippen LogP contribution is -2.03. The van der Waals surface area contributed by atoms with Gasteiger partial charge in [0.25, 0.3) is 0 Å². The molecule has 1 nitrogen and oxygen atoms in total. The van der Waals surface area contributed by atoms with E-state index in [1.54, 1.807) is 0 Å². The minimum Gasteiger partial charge on any atom is -0.384 e. The van der Waals surface area contributed by atoms with Crippen LogP contribution >= 0.6 is 0 Å². The first-order chi connectivity index (χ1) is 9.66. The summed E-state index contributed by atoms with van der Waals surface area (Å²) in [7, 11) is 0. The minimum absolute atomic E-state index is 0.506. The normalized spacial score (nSPS) is 16.4. The molecule has 20 heavy (non-hydrogen) atoms. The third kappa shape index (κ3) is 2.64. The summed E-state index contributed by atoms with van der Waals surface area (Å²) in [5, 5.41) is 10.7. The number of aliphatic hydroxyl groups is 1. The lowest BCUT2D eigenvalue weighted by Gasteiger charge is -2.16. The van der Waals surface area contributed by atoms with Crippen LogP contribution in [0.3, 0.4) is 0 Å². The van der Waals surface area contributed by atoms with Crippen molar-refractivity contribution >= 4 is 0 Å². The topological polar surface area (TPSA) is 20.2 Å². The van der Waals surface area contributed by atoms with Crippen molar-refractivity contribution in [1.29, 1.82) is 0 Å². The molecule has 1 heteroatoms. The first-order valence-corrected chi connectivity index (χ1v) is 7.53. The molecule has 1 unspecified atom stereocenters. The Kier molecular flexibility index (Phi) is 3.62. The monoisotopic (exact) mass is 266 g/mol. The lowest BCUT2D eigenvalue weighted by molar-refractivity contribution is 0.219. The highest BCUT2D eigenvalue weighted by molar-refractivity contribution is 5.40. The van der Waals surface area contributed by atoms with Gasteiger partial charge >= 0.3 is 0 Å². The first kappa shape index (κ1) is 13.4. The van der Waals surface area contributed by atoms with Crippen molar-refractivity contribution in [3.05, 3.63) is 70.8 Å². The van der Waals surface area contributed by atoms with Crippen LogP contribution in [0, 0.1) is 0 Å². The Labute approximate surface area is 121 Å². The zero-order valence-electron chi connectivity index (χ0n) is 12.2. The molecule has 0 bridgehead atoms. The van der Waals surface area contributed by atoms with E-state index in [4.69, 9.17) is 0 Å². The van der Waals surface area contributed by atoms with Crippen molar-refractivity contribution in [2.24, 2.45) is 0 Å². The summed E-state index contributed by atoms with van der Waals surface area (Å²) in [4.78, 5) is 0. The Hall–Kier alpha value is -1.60. The molecule has 0 saturated heterocycles. The van der Waals surface area contributed by atoms with E-state index in [1.165, 1.54) is 24.0 Å². The van der Waals surface area contributed by atoms with Crippen LogP contribution in [-0.4, -0.2) is 5.11 Å². The number of benzene rings is 2. The van der Waals surface area contributed by atoms with E-state index in [-0.39, 0.29) is 0 Å². The summed E-state index contributed by atoms with van der Waals surface area (Å²) in [6, 6.07) is 16.7. The summed E-state index contributed by atoms with van der Waals surface area (Å²) in [5.41, 5.74) is 4.71. The number of hydrogen-bond acceptors (Lipinski definition) is 1. The molecule has 1 N–H and O–H groups in total. The molecule has 1 aliphatic carbocycles. The first-order valence-electron chi connectivity index (χ1n) is 7.53. The average molecular weight is 266 g/mol. The molecule has 0 aliphatic heterocycles. The van der Waals surface area contributed by atoms with Gasteiger partial charge in [-0.3, -0.25) is 0 Å². The Morgan fingerprint density at radius 2 is 1.50 bits per heavy atom. The molecule has 0 spiro atoms. The highest BCUT2D eigenvalue weighted by Gasteiger charge is 2.27. The van der Waals surface area contributed by atoms with Crippen molar-refractivity contribution in [3.8, 4) is 0 Å². The molecule has 0 heterocycles. The predicted octanol–water partition coefficient (Wildman–Crippen LogP) is 4.77. The third-order valence-corrected chi connectivity index (χ3v) is 4.23. The molecular formula is C19H22O. The number of hydrogen-bond donors (Lipinski definition) is 1. The van der Waals surface area contributed by atoms with Gasteiger partial charge in [0.1, 0.15) is 6.10 Å². The molecule has 1 fully saturated rings. The Morgan fingerprint density at radius 3 is 2.10 bits per heavy atom. The van der Waals surface area contributed by atoms with E-state index in [0.29, 0.717) is 11.8 Å². The smallest absolute Gasteiger partial charge is 0.104 e. The fraction of sp³-hybridized carbons (Fsp3) is 0.368. The third-order valence-electron chi connectivity index (χ3n) is 4.23. The van der Waals surface area contributed by atoms with Crippen LogP contribution in [0.5, 0.6) is 0 Å². The standard InChI is InChI=1S/C19H22O/c1-13(2)14-7-11-16(12-8-14)19(20)18-6-4-3-5-17(18)15-9-10-15/h3-8,11-13,15,19-20H,9-10H2,1-2H3. The van der Waals surface area contributed by atoms with Gasteiger partial charge in [-0.05, 0) is 46.9 Å². The van der Waals surface area contributed by atoms with Crippen LogP contribution in [0.25, 0.3) is 0 Å². The Bertz CT molecular complexity index is 579. The second kappa shape index (κ2) is 5.41. The fourth-order valence-electron chi connectivity index (χ4n) is 2.77. The highest BCUT2D eigenvalue weighted by Crippen LogP contribution is 2.43. The van der Waals surface area contributed by atoms with Gasteiger partial charge in [0.15, 0.2) is 0 Å². The zero-order valence-corrected chi connectivity index (χ0v) is 12.2. The van der Waals surface area contributed by atoms with Gasteiger partial charge in [0.2, 0.25) is 0 Å². The lowest BCUT2D eigenvalue weighted by atomic mass is 9.93. The van der Waals surface area contributed by atoms with Crippen molar-refractivity contribution in [1.82, 2.24) is 0 Å². The van der Waals surface area contributed by atoms with Crippen LogP contribution in [-0.2, 0) is 0 Å². The highest BCUT2D eigenvalue weighted by atomic mass is 16.3. The molecule has 0 amide bonds. The summed E-state index contributed by atoms with van der Waals surface area (Å²) < 4.78 is 0. The molecule has 1 saturated carbocycles. The molecule has 3 rings (SSSR count). The predicted molar refractivity (Wildman–Crippen MR) is 83.0 cm³/mol. The maximum absolute atomic E-state index is 10.7. The van der Waals surface area contributed by atoms with Crippen LogP contribution in [0.15, 0.2) is 48.5 Å². The Morgan fingerprint density at radius 1 is 0.900 bits per heavy atom. The van der Waals surface area contributed by atoms with Gasteiger partial charge in [0.05, 0.1) is 0 Å². The second-order valence-electron chi connectivity index (χ2n) is 6.13. The fourth-order valence-corrected chi connectivity index (χ4v) is 2.77. The minimum atomic E-state index is -0.506. The molecule has 1 atom stereocenters. The van der Waals surface area contributed by atoms with E-state index >= 15 is 0 Å². The largest absolute Gasteiger partial charge is 0.384 e. The Balaban J connectivity index is 1.90. The molecule has 0 radical (unpaired) electrons. The van der Waals surface area contributed by atoms with Crippen LogP contribution < -0.4 is 0 Å². The van der Waals surface area contributed by atoms with Crippen molar-refractivity contribution in [3.63, 3.8) is 0 Å². The van der Waals surface area contributed by atoms with E-state index in [9.17, 15) is 5.11 Å². The van der Waals surface area contributed by atoms with Crippen LogP contribution in [0.2, 0.25) is 0 Å². The number of aliphatic hydroxyl groups excluding tert-OH is 1. The summed E-state index contributed by atoms with van der Waals surface area (Å²) in [6.07, 6.45) is 2.01. The zero-order chi connectivity index (χ0) is 14.1. The average Bonchev–Trinajstić information content (AvgIpc) is 3.31. The van der Waals surface area contributed by atoms with Crippen LogP contribution in [0.1, 0.15) is 66.9 Å². The van der Waals surface area contributed by atoms with Crippen LogP contribution in [0.4, 0.5) is 0 Å². The molecule has 104 valence electrons. The van der Waals surface area contributed by atoms with E-state index in [0.717, 1.165) is 11.1 Å². The van der Waals surface area contributed by atoms with Crippen molar-refractivity contribution in [2.45, 2.75) is 44.6 Å². The summed E-state index contributed by atoms with van der Waals surface area (Å²) in [6.45, 7) is 4.38. The molecule has 0 aromatic heterocycles. The maximum atomic E-state index is 10.7.